The highest BCUT2D eigenvalue weighted by molar-refractivity contribution is 5.57. The molecule has 3 heteroatoms. The van der Waals surface area contributed by atoms with Gasteiger partial charge in [-0.05, 0) is 37.0 Å². The van der Waals surface area contributed by atoms with Crippen LogP contribution in [0, 0.1) is 11.7 Å². The summed E-state index contributed by atoms with van der Waals surface area (Å²) >= 11 is 0. The van der Waals surface area contributed by atoms with Gasteiger partial charge in [0.25, 0.3) is 0 Å². The van der Waals surface area contributed by atoms with Gasteiger partial charge in [0, 0.05) is 5.56 Å². The molecule has 0 unspecified atom stereocenters. The maximum Gasteiger partial charge on any atom is 0.126 e. The summed E-state index contributed by atoms with van der Waals surface area (Å²) in [6.45, 7) is 0.643. The molecule has 0 spiro atoms. The zero-order valence-electron chi connectivity index (χ0n) is 9.03. The molecule has 1 N–H and O–H groups in total. The average Bonchev–Trinajstić information content (AvgIpc) is 3.09. The van der Waals surface area contributed by atoms with Gasteiger partial charge < -0.3 is 9.84 Å². The van der Waals surface area contributed by atoms with E-state index in [1.165, 1.54) is 25.0 Å². The Morgan fingerprint density at radius 1 is 1.44 bits per heavy atom. The van der Waals surface area contributed by atoms with E-state index < -0.39 is 0 Å². The number of aliphatic hydroxyl groups is 1. The first-order valence-electron chi connectivity index (χ1n) is 5.49. The summed E-state index contributed by atoms with van der Waals surface area (Å²) in [6, 6.07) is 4.43. The van der Waals surface area contributed by atoms with Crippen molar-refractivity contribution in [3.05, 3.63) is 35.7 Å². The van der Waals surface area contributed by atoms with Gasteiger partial charge in [0.15, 0.2) is 0 Å². The summed E-state index contributed by atoms with van der Waals surface area (Å²) in [4.78, 5) is 0. The number of benzene rings is 1. The summed E-state index contributed by atoms with van der Waals surface area (Å²) < 4.78 is 18.6. The Bertz CT molecular complexity index is 384. The predicted molar refractivity (Wildman–Crippen MR) is 60.7 cm³/mol. The zero-order chi connectivity index (χ0) is 11.4. The number of hydrogen-bond acceptors (Lipinski definition) is 2. The van der Waals surface area contributed by atoms with E-state index in [2.05, 4.69) is 0 Å². The third-order valence-corrected chi connectivity index (χ3v) is 2.55. The van der Waals surface area contributed by atoms with Crippen LogP contribution >= 0.6 is 0 Å². The summed E-state index contributed by atoms with van der Waals surface area (Å²) in [5.74, 6) is 1.05. The van der Waals surface area contributed by atoms with Gasteiger partial charge in [-0.3, -0.25) is 0 Å². The van der Waals surface area contributed by atoms with Crippen molar-refractivity contribution < 1.29 is 14.2 Å². The fourth-order valence-corrected chi connectivity index (χ4v) is 1.45. The molecule has 1 aromatic carbocycles. The number of rotatable bonds is 5. The highest BCUT2D eigenvalue weighted by Crippen LogP contribution is 2.30. The van der Waals surface area contributed by atoms with Crippen molar-refractivity contribution in [3.8, 4) is 5.75 Å². The molecule has 2 nitrogen and oxygen atoms in total. The summed E-state index contributed by atoms with van der Waals surface area (Å²) in [5, 5.41) is 8.69. The van der Waals surface area contributed by atoms with Crippen molar-refractivity contribution >= 4 is 6.08 Å². The minimum Gasteiger partial charge on any atom is -0.493 e. The first-order chi connectivity index (χ1) is 7.79. The third-order valence-electron chi connectivity index (χ3n) is 2.55. The van der Waals surface area contributed by atoms with Crippen molar-refractivity contribution in [2.45, 2.75) is 12.8 Å². The van der Waals surface area contributed by atoms with Crippen LogP contribution in [-0.4, -0.2) is 18.3 Å². The average molecular weight is 222 g/mol. The maximum absolute atomic E-state index is 13.0. The lowest BCUT2D eigenvalue weighted by Crippen LogP contribution is -2.00. The van der Waals surface area contributed by atoms with Crippen LogP contribution in [0.3, 0.4) is 0 Å². The fraction of sp³-hybridized carbons (Fsp3) is 0.385. The molecule has 0 bridgehead atoms. The molecule has 1 saturated carbocycles. The minimum atomic E-state index is -0.295. The van der Waals surface area contributed by atoms with Crippen molar-refractivity contribution in [2.75, 3.05) is 13.2 Å². The molecule has 1 aliphatic carbocycles. The quantitative estimate of drug-likeness (QED) is 0.829. The van der Waals surface area contributed by atoms with Crippen molar-refractivity contribution in [1.82, 2.24) is 0 Å². The molecule has 0 aliphatic heterocycles. The van der Waals surface area contributed by atoms with E-state index in [1.54, 1.807) is 18.2 Å². The molecule has 2 rings (SSSR count). The topological polar surface area (TPSA) is 29.5 Å². The van der Waals surface area contributed by atoms with Crippen LogP contribution in [0.25, 0.3) is 6.08 Å². The number of hydrogen-bond donors (Lipinski definition) is 1. The Balaban J connectivity index is 2.09. The predicted octanol–water partition coefficient (Wildman–Crippen LogP) is 2.62. The normalized spacial score (nSPS) is 15.6. The standard InChI is InChI=1S/C13H15FO2/c14-12-5-6-13(16-9-10-3-4-10)11(8-12)2-1-7-15/h1-2,5-6,8,10,15H,3-4,7,9H2. The number of ether oxygens (including phenoxy) is 1. The minimum absolute atomic E-state index is 0.0570. The summed E-state index contributed by atoms with van der Waals surface area (Å²) in [5.41, 5.74) is 0.676. The van der Waals surface area contributed by atoms with Crippen LogP contribution in [0.1, 0.15) is 18.4 Å². The molecule has 16 heavy (non-hydrogen) atoms. The number of halogens is 1. The van der Waals surface area contributed by atoms with Gasteiger partial charge in [-0.25, -0.2) is 4.39 Å². The van der Waals surface area contributed by atoms with Gasteiger partial charge in [-0.15, -0.1) is 0 Å². The second-order valence-electron chi connectivity index (χ2n) is 4.02. The monoisotopic (exact) mass is 222 g/mol. The summed E-state index contributed by atoms with van der Waals surface area (Å²) in [7, 11) is 0. The lowest BCUT2D eigenvalue weighted by Gasteiger charge is -2.08. The van der Waals surface area contributed by atoms with E-state index in [0.29, 0.717) is 23.8 Å². The second-order valence-corrected chi connectivity index (χ2v) is 4.02. The molecular formula is C13H15FO2. The number of aliphatic hydroxyl groups excluding tert-OH is 1. The first kappa shape index (κ1) is 11.1. The molecule has 1 aromatic rings. The molecule has 0 heterocycles. The van der Waals surface area contributed by atoms with E-state index in [1.807, 2.05) is 0 Å². The smallest absolute Gasteiger partial charge is 0.126 e. The Labute approximate surface area is 94.4 Å². The Morgan fingerprint density at radius 2 is 2.25 bits per heavy atom. The van der Waals surface area contributed by atoms with Crippen molar-refractivity contribution in [1.29, 1.82) is 0 Å². The lowest BCUT2D eigenvalue weighted by molar-refractivity contribution is 0.298. The van der Waals surface area contributed by atoms with E-state index in [0.717, 1.165) is 0 Å². The van der Waals surface area contributed by atoms with E-state index in [9.17, 15) is 4.39 Å². The van der Waals surface area contributed by atoms with E-state index in [-0.39, 0.29) is 12.4 Å². The van der Waals surface area contributed by atoms with Crippen LogP contribution in [0.5, 0.6) is 5.75 Å². The zero-order valence-corrected chi connectivity index (χ0v) is 9.03. The van der Waals surface area contributed by atoms with Crippen LogP contribution in [0.2, 0.25) is 0 Å². The molecule has 0 radical (unpaired) electrons. The van der Waals surface area contributed by atoms with Gasteiger partial charge in [0.1, 0.15) is 11.6 Å². The summed E-state index contributed by atoms with van der Waals surface area (Å²) in [6.07, 6.45) is 5.69. The molecule has 0 saturated heterocycles. The molecule has 1 fully saturated rings. The highest BCUT2D eigenvalue weighted by Gasteiger charge is 2.22. The van der Waals surface area contributed by atoms with Gasteiger partial charge >= 0.3 is 0 Å². The first-order valence-corrected chi connectivity index (χ1v) is 5.49. The molecular weight excluding hydrogens is 207 g/mol. The van der Waals surface area contributed by atoms with Crippen molar-refractivity contribution in [2.24, 2.45) is 5.92 Å². The molecule has 0 atom stereocenters. The van der Waals surface area contributed by atoms with Gasteiger partial charge in [0.05, 0.1) is 13.2 Å². The molecule has 0 aromatic heterocycles. The SMILES string of the molecule is OCC=Cc1cc(F)ccc1OCC1CC1. The van der Waals surface area contributed by atoms with Gasteiger partial charge in [-0.1, -0.05) is 12.2 Å². The highest BCUT2D eigenvalue weighted by atomic mass is 19.1. The second kappa shape index (κ2) is 5.12. The Morgan fingerprint density at radius 3 is 2.94 bits per heavy atom. The molecule has 0 amide bonds. The van der Waals surface area contributed by atoms with Crippen LogP contribution in [0.15, 0.2) is 24.3 Å². The third kappa shape index (κ3) is 3.07. The Hall–Kier alpha value is -1.35. The largest absolute Gasteiger partial charge is 0.493 e. The van der Waals surface area contributed by atoms with Crippen molar-refractivity contribution in [3.63, 3.8) is 0 Å². The van der Waals surface area contributed by atoms with Crippen LogP contribution in [-0.2, 0) is 0 Å². The molecule has 1 aliphatic rings. The van der Waals surface area contributed by atoms with E-state index in [4.69, 9.17) is 9.84 Å². The maximum atomic E-state index is 13.0. The van der Waals surface area contributed by atoms with Gasteiger partial charge in [0.2, 0.25) is 0 Å². The fourth-order valence-electron chi connectivity index (χ4n) is 1.45. The van der Waals surface area contributed by atoms with E-state index >= 15 is 0 Å². The molecule has 86 valence electrons. The lowest BCUT2D eigenvalue weighted by atomic mass is 10.2. The van der Waals surface area contributed by atoms with Gasteiger partial charge in [-0.2, -0.15) is 0 Å². The van der Waals surface area contributed by atoms with Crippen LogP contribution < -0.4 is 4.74 Å². The Kier molecular flexibility index (Phi) is 3.57. The van der Waals surface area contributed by atoms with Crippen LogP contribution in [0.4, 0.5) is 4.39 Å².